The molecule has 0 N–H and O–H groups in total. The van der Waals surface area contributed by atoms with Crippen molar-refractivity contribution >= 4 is 51.0 Å². The number of amides is 1. The molecule has 5 aliphatic heterocycles. The first-order valence-corrected chi connectivity index (χ1v) is 16.9. The molecule has 10 nitrogen and oxygen atoms in total. The fourth-order valence-corrected chi connectivity index (χ4v) is 8.99. The second kappa shape index (κ2) is 11.0. The number of nitrogens with zero attached hydrogens (tertiary/aromatic N) is 6. The van der Waals surface area contributed by atoms with Crippen LogP contribution in [0.1, 0.15) is 44.9 Å². The zero-order valence-electron chi connectivity index (χ0n) is 25.8. The van der Waals surface area contributed by atoms with Gasteiger partial charge in [0.05, 0.1) is 17.3 Å². The quantitative estimate of drug-likeness (QED) is 0.261. The second-order valence-corrected chi connectivity index (χ2v) is 14.0. The number of anilines is 1. The Hall–Kier alpha value is -4.09. The first-order chi connectivity index (χ1) is 22.9. The van der Waals surface area contributed by atoms with E-state index in [1.54, 1.807) is 12.3 Å². The number of esters is 1. The monoisotopic (exact) mass is 656 g/mol. The molecule has 0 spiro atoms. The van der Waals surface area contributed by atoms with E-state index in [-0.39, 0.29) is 53.1 Å². The van der Waals surface area contributed by atoms with E-state index in [2.05, 4.69) is 14.8 Å². The molecule has 2 aromatic heterocycles. The standard InChI is InChI=1S/C35H34ClFN6O4/c36-25-8-2-6-20-5-1-7-23(28(20)25)30-29(37)31-24(16-38-30)32(40-34(39-31)46-19-35-11-3-13-42(35)14-4-12-35)41-17-21-9-10-22(18-41)43(21)33(45)26-15-27(44)47-26/h1-2,5-8,16,21-22,26H,3-4,9-15,17-19H2/t21-,22+,26-/m1/s1. The van der Waals surface area contributed by atoms with E-state index in [9.17, 15) is 9.59 Å². The molecule has 0 aliphatic carbocycles. The topological polar surface area (TPSA) is 101 Å². The molecule has 4 aromatic rings. The van der Waals surface area contributed by atoms with Gasteiger partial charge in [-0.1, -0.05) is 41.9 Å². The zero-order valence-corrected chi connectivity index (χ0v) is 26.6. The number of aromatic nitrogens is 3. The van der Waals surface area contributed by atoms with Crippen molar-refractivity contribution < 1.29 is 23.5 Å². The summed E-state index contributed by atoms with van der Waals surface area (Å²) < 4.78 is 28.3. The van der Waals surface area contributed by atoms with Gasteiger partial charge in [0.2, 0.25) is 0 Å². The van der Waals surface area contributed by atoms with E-state index in [0.717, 1.165) is 62.4 Å². The molecule has 2 aromatic carbocycles. The summed E-state index contributed by atoms with van der Waals surface area (Å²) in [6.07, 6.45) is 7.14. The van der Waals surface area contributed by atoms with Crippen LogP contribution in [0.5, 0.6) is 6.01 Å². The number of piperazine rings is 1. The number of benzene rings is 2. The number of halogens is 2. The maximum Gasteiger partial charge on any atom is 0.319 e. The number of fused-ring (bicyclic) bond motifs is 5. The minimum atomic E-state index is -0.693. The highest BCUT2D eigenvalue weighted by molar-refractivity contribution is 6.36. The lowest BCUT2D eigenvalue weighted by Gasteiger charge is -2.43. The molecule has 12 heteroatoms. The van der Waals surface area contributed by atoms with E-state index in [1.807, 2.05) is 35.2 Å². The number of carbonyl (C=O) groups excluding carboxylic acids is 2. The van der Waals surface area contributed by atoms with Crippen LogP contribution in [0.15, 0.2) is 42.6 Å². The number of cyclic esters (lactones) is 1. The molecule has 7 heterocycles. The lowest BCUT2D eigenvalue weighted by Crippen LogP contribution is -2.60. The molecule has 5 fully saturated rings. The van der Waals surface area contributed by atoms with Crippen LogP contribution in [-0.4, -0.2) is 93.1 Å². The van der Waals surface area contributed by atoms with Crippen molar-refractivity contribution in [3.63, 3.8) is 0 Å². The van der Waals surface area contributed by atoms with Gasteiger partial charge in [0, 0.05) is 47.3 Å². The summed E-state index contributed by atoms with van der Waals surface area (Å²) in [4.78, 5) is 45.4. The molecule has 1 amide bonds. The molecule has 0 saturated carbocycles. The Balaban J connectivity index is 1.12. The third kappa shape index (κ3) is 4.64. The SMILES string of the molecule is O=C1C[C@H](C(=O)N2[C@@H]3CC[C@H]2CN(c2nc(OCC45CCCN4CCC5)nc4c(F)c(-c5cccc6cccc(Cl)c56)ncc24)C3)O1. The molecule has 5 aliphatic rings. The van der Waals surface area contributed by atoms with Crippen LogP contribution in [0.25, 0.3) is 32.9 Å². The largest absolute Gasteiger partial charge is 0.461 e. The van der Waals surface area contributed by atoms with Gasteiger partial charge in [-0.05, 0) is 63.1 Å². The highest BCUT2D eigenvalue weighted by atomic mass is 35.5. The van der Waals surface area contributed by atoms with E-state index in [1.165, 1.54) is 0 Å². The number of rotatable bonds is 6. The Morgan fingerprint density at radius 3 is 2.51 bits per heavy atom. The summed E-state index contributed by atoms with van der Waals surface area (Å²) in [6.45, 7) is 3.60. The molecular weight excluding hydrogens is 623 g/mol. The van der Waals surface area contributed by atoms with Gasteiger partial charge in [-0.3, -0.25) is 19.5 Å². The number of ether oxygens (including phenoxy) is 2. The molecule has 3 atom stereocenters. The molecule has 2 bridgehead atoms. The summed E-state index contributed by atoms with van der Waals surface area (Å²) in [7, 11) is 0. The van der Waals surface area contributed by atoms with Crippen LogP contribution in [-0.2, 0) is 14.3 Å². The van der Waals surface area contributed by atoms with Crippen LogP contribution in [0.4, 0.5) is 10.2 Å². The smallest absolute Gasteiger partial charge is 0.319 e. The summed E-state index contributed by atoms with van der Waals surface area (Å²) in [6, 6.07) is 11.2. The van der Waals surface area contributed by atoms with Crippen LogP contribution in [0.2, 0.25) is 5.02 Å². The molecule has 5 saturated heterocycles. The van der Waals surface area contributed by atoms with Gasteiger partial charge in [-0.25, -0.2) is 4.39 Å². The fourth-order valence-electron chi connectivity index (χ4n) is 8.71. The third-order valence-electron chi connectivity index (χ3n) is 11.0. The van der Waals surface area contributed by atoms with E-state index in [4.69, 9.17) is 31.0 Å². The molecule has 47 heavy (non-hydrogen) atoms. The van der Waals surface area contributed by atoms with Gasteiger partial charge in [-0.15, -0.1) is 0 Å². The van der Waals surface area contributed by atoms with Gasteiger partial charge < -0.3 is 19.3 Å². The van der Waals surface area contributed by atoms with E-state index < -0.39 is 11.9 Å². The average Bonchev–Trinajstić information content (AvgIpc) is 3.72. The summed E-state index contributed by atoms with van der Waals surface area (Å²) >= 11 is 6.63. The van der Waals surface area contributed by atoms with Gasteiger partial charge in [0.15, 0.2) is 11.9 Å². The maximum absolute atomic E-state index is 16.8. The summed E-state index contributed by atoms with van der Waals surface area (Å²) in [5, 5.41) is 2.62. The van der Waals surface area contributed by atoms with E-state index in [0.29, 0.717) is 41.5 Å². The van der Waals surface area contributed by atoms with Gasteiger partial charge >= 0.3 is 12.0 Å². The molecule has 242 valence electrons. The highest BCUT2D eigenvalue weighted by Gasteiger charge is 2.49. The first kappa shape index (κ1) is 29.1. The summed E-state index contributed by atoms with van der Waals surface area (Å²) in [5.74, 6) is -0.484. The first-order valence-electron chi connectivity index (χ1n) is 16.6. The van der Waals surface area contributed by atoms with Crippen LogP contribution >= 0.6 is 11.6 Å². The minimum absolute atomic E-state index is 0.0315. The van der Waals surface area contributed by atoms with Gasteiger partial charge in [0.1, 0.15) is 23.6 Å². The Bertz CT molecular complexity index is 1920. The lowest BCUT2D eigenvalue weighted by molar-refractivity contribution is -0.180. The second-order valence-electron chi connectivity index (χ2n) is 13.6. The van der Waals surface area contributed by atoms with Crippen molar-refractivity contribution in [3.8, 4) is 17.3 Å². The Morgan fingerprint density at radius 1 is 1.06 bits per heavy atom. The lowest BCUT2D eigenvalue weighted by atomic mass is 9.95. The van der Waals surface area contributed by atoms with Crippen molar-refractivity contribution in [2.45, 2.75) is 68.7 Å². The highest BCUT2D eigenvalue weighted by Crippen LogP contribution is 2.42. The summed E-state index contributed by atoms with van der Waals surface area (Å²) in [5.41, 5.74) is 0.853. The molecule has 0 radical (unpaired) electrons. The average molecular weight is 657 g/mol. The van der Waals surface area contributed by atoms with Crippen molar-refractivity contribution in [2.75, 3.05) is 37.7 Å². The minimum Gasteiger partial charge on any atom is -0.461 e. The van der Waals surface area contributed by atoms with Gasteiger partial charge in [0.25, 0.3) is 5.91 Å². The van der Waals surface area contributed by atoms with Crippen molar-refractivity contribution in [1.29, 1.82) is 0 Å². The normalized spacial score (nSPS) is 24.9. The predicted octanol–water partition coefficient (Wildman–Crippen LogP) is 5.14. The van der Waals surface area contributed by atoms with Crippen molar-refractivity contribution in [1.82, 2.24) is 24.8 Å². The van der Waals surface area contributed by atoms with E-state index >= 15 is 4.39 Å². The number of hydrogen-bond donors (Lipinski definition) is 0. The van der Waals surface area contributed by atoms with Crippen LogP contribution in [0.3, 0.4) is 0 Å². The number of hydrogen-bond acceptors (Lipinski definition) is 9. The number of pyridine rings is 1. The number of carbonyl (C=O) groups is 2. The molecule has 0 unspecified atom stereocenters. The van der Waals surface area contributed by atoms with Crippen LogP contribution < -0.4 is 9.64 Å². The third-order valence-corrected chi connectivity index (χ3v) is 11.3. The fraction of sp³-hybridized carbons (Fsp3) is 0.457. The molecular formula is C35H34ClFN6O4. The van der Waals surface area contributed by atoms with Gasteiger partial charge in [-0.2, -0.15) is 9.97 Å². The Labute approximate surface area is 275 Å². The Morgan fingerprint density at radius 2 is 1.79 bits per heavy atom. The Kier molecular flexibility index (Phi) is 6.80. The predicted molar refractivity (Wildman–Crippen MR) is 174 cm³/mol. The molecule has 9 rings (SSSR count). The van der Waals surface area contributed by atoms with Crippen molar-refractivity contribution in [3.05, 3.63) is 53.4 Å². The zero-order chi connectivity index (χ0) is 31.9. The maximum atomic E-state index is 16.8. The van der Waals surface area contributed by atoms with Crippen LogP contribution in [0, 0.1) is 5.82 Å². The van der Waals surface area contributed by atoms with Crippen molar-refractivity contribution in [2.24, 2.45) is 0 Å².